The lowest BCUT2D eigenvalue weighted by atomic mass is 10.1. The zero-order valence-corrected chi connectivity index (χ0v) is 10.8. The van der Waals surface area contributed by atoms with E-state index in [-0.39, 0.29) is 11.8 Å². The number of nitrogens with zero attached hydrogens (tertiary/aromatic N) is 2. The highest BCUT2D eigenvalue weighted by Crippen LogP contribution is 2.07. The minimum atomic E-state index is 0.140. The van der Waals surface area contributed by atoms with E-state index in [1.165, 1.54) is 0 Å². The summed E-state index contributed by atoms with van der Waals surface area (Å²) in [6, 6.07) is 5.93. The van der Waals surface area contributed by atoms with Gasteiger partial charge in [-0.15, -0.1) is 0 Å². The molecule has 1 saturated heterocycles. The third-order valence-corrected chi connectivity index (χ3v) is 3.53. The molecule has 19 heavy (non-hydrogen) atoms. The number of fused-ring (bicyclic) bond motifs is 1. The van der Waals surface area contributed by atoms with E-state index in [2.05, 4.69) is 15.6 Å². The Morgan fingerprint density at radius 3 is 3.26 bits per heavy atom. The largest absolute Gasteiger partial charge is 0.355 e. The summed E-state index contributed by atoms with van der Waals surface area (Å²) in [6.45, 7) is 2.41. The Hall–Kier alpha value is -1.88. The Labute approximate surface area is 112 Å². The summed E-state index contributed by atoms with van der Waals surface area (Å²) in [7, 11) is 0. The molecule has 0 radical (unpaired) electrons. The highest BCUT2D eigenvalue weighted by atomic mass is 16.1. The molecule has 2 aromatic rings. The van der Waals surface area contributed by atoms with E-state index in [1.807, 2.05) is 35.0 Å². The lowest BCUT2D eigenvalue weighted by molar-refractivity contribution is -0.124. The molecule has 0 aliphatic carbocycles. The number of amides is 1. The van der Waals surface area contributed by atoms with Crippen LogP contribution in [0.3, 0.4) is 0 Å². The highest BCUT2D eigenvalue weighted by Gasteiger charge is 2.21. The summed E-state index contributed by atoms with van der Waals surface area (Å²) in [5.41, 5.74) is 1.96. The van der Waals surface area contributed by atoms with E-state index in [9.17, 15) is 4.79 Å². The van der Waals surface area contributed by atoms with Crippen LogP contribution in [0.2, 0.25) is 0 Å². The Morgan fingerprint density at radius 2 is 2.47 bits per heavy atom. The summed E-state index contributed by atoms with van der Waals surface area (Å²) < 4.78 is 2.00. The molecule has 3 rings (SSSR count). The number of hydrogen-bond acceptors (Lipinski definition) is 3. The summed E-state index contributed by atoms with van der Waals surface area (Å²) >= 11 is 0. The lowest BCUT2D eigenvalue weighted by Gasteiger charge is -2.08. The Kier molecular flexibility index (Phi) is 3.46. The molecule has 1 fully saturated rings. The SMILES string of the molecule is O=C(NCCc1cn2ccccc2n1)C1CCNC1. The molecule has 5 nitrogen and oxygen atoms in total. The summed E-state index contributed by atoms with van der Waals surface area (Å²) in [4.78, 5) is 16.3. The molecule has 2 N–H and O–H groups in total. The smallest absolute Gasteiger partial charge is 0.224 e. The predicted molar refractivity (Wildman–Crippen MR) is 72.9 cm³/mol. The van der Waals surface area contributed by atoms with Crippen molar-refractivity contribution in [2.75, 3.05) is 19.6 Å². The summed E-state index contributed by atoms with van der Waals surface area (Å²) in [5, 5.41) is 6.19. The van der Waals surface area contributed by atoms with Crippen molar-refractivity contribution in [3.05, 3.63) is 36.3 Å². The number of carbonyl (C=O) groups excluding carboxylic acids is 1. The van der Waals surface area contributed by atoms with E-state index < -0.39 is 0 Å². The van der Waals surface area contributed by atoms with E-state index in [0.717, 1.165) is 37.3 Å². The first-order valence-electron chi connectivity index (χ1n) is 6.74. The first-order valence-corrected chi connectivity index (χ1v) is 6.74. The minimum absolute atomic E-state index is 0.140. The van der Waals surface area contributed by atoms with Crippen LogP contribution in [0.15, 0.2) is 30.6 Å². The molecule has 2 aromatic heterocycles. The second kappa shape index (κ2) is 5.40. The van der Waals surface area contributed by atoms with E-state index >= 15 is 0 Å². The number of imidazole rings is 1. The maximum Gasteiger partial charge on any atom is 0.224 e. The van der Waals surface area contributed by atoms with Crippen molar-refractivity contribution in [2.45, 2.75) is 12.8 Å². The van der Waals surface area contributed by atoms with Gasteiger partial charge in [0.05, 0.1) is 11.6 Å². The molecular weight excluding hydrogens is 240 g/mol. The van der Waals surface area contributed by atoms with Crippen LogP contribution in [-0.2, 0) is 11.2 Å². The van der Waals surface area contributed by atoms with Gasteiger partial charge < -0.3 is 15.0 Å². The lowest BCUT2D eigenvalue weighted by Crippen LogP contribution is -2.33. The van der Waals surface area contributed by atoms with Gasteiger partial charge >= 0.3 is 0 Å². The summed E-state index contributed by atoms with van der Waals surface area (Å²) in [6.07, 6.45) is 5.71. The summed E-state index contributed by atoms with van der Waals surface area (Å²) in [5.74, 6) is 0.301. The van der Waals surface area contributed by atoms with Gasteiger partial charge in [-0.3, -0.25) is 4.79 Å². The van der Waals surface area contributed by atoms with Crippen LogP contribution in [0, 0.1) is 5.92 Å². The number of carbonyl (C=O) groups is 1. The fourth-order valence-electron chi connectivity index (χ4n) is 2.44. The van der Waals surface area contributed by atoms with Gasteiger partial charge in [0.15, 0.2) is 0 Å². The maximum absolute atomic E-state index is 11.8. The van der Waals surface area contributed by atoms with Crippen LogP contribution in [0.4, 0.5) is 0 Å². The average molecular weight is 258 g/mol. The van der Waals surface area contributed by atoms with Gasteiger partial charge in [-0.25, -0.2) is 4.98 Å². The third kappa shape index (κ3) is 2.76. The van der Waals surface area contributed by atoms with Crippen molar-refractivity contribution in [1.29, 1.82) is 0 Å². The molecule has 1 unspecified atom stereocenters. The molecule has 1 aliphatic heterocycles. The predicted octanol–water partition coefficient (Wildman–Crippen LogP) is 0.602. The van der Waals surface area contributed by atoms with Gasteiger partial charge in [0.2, 0.25) is 5.91 Å². The third-order valence-electron chi connectivity index (χ3n) is 3.53. The monoisotopic (exact) mass is 258 g/mol. The molecule has 100 valence electrons. The van der Waals surface area contributed by atoms with Crippen LogP contribution >= 0.6 is 0 Å². The fraction of sp³-hybridized carbons (Fsp3) is 0.429. The van der Waals surface area contributed by atoms with Gasteiger partial charge in [-0.2, -0.15) is 0 Å². The Morgan fingerprint density at radius 1 is 1.53 bits per heavy atom. The standard InChI is InChI=1S/C14H18N4O/c19-14(11-4-6-15-9-11)16-7-5-12-10-18-8-2-1-3-13(18)17-12/h1-3,8,10-11,15H,4-7,9H2,(H,16,19). The van der Waals surface area contributed by atoms with Gasteiger partial charge in [0.25, 0.3) is 0 Å². The zero-order chi connectivity index (χ0) is 13.1. The van der Waals surface area contributed by atoms with Crippen molar-refractivity contribution in [2.24, 2.45) is 5.92 Å². The van der Waals surface area contributed by atoms with Crippen LogP contribution < -0.4 is 10.6 Å². The van der Waals surface area contributed by atoms with Crippen LogP contribution in [0.5, 0.6) is 0 Å². The molecule has 0 spiro atoms. The highest BCUT2D eigenvalue weighted by molar-refractivity contribution is 5.79. The van der Waals surface area contributed by atoms with Crippen molar-refractivity contribution < 1.29 is 4.79 Å². The number of rotatable bonds is 4. The van der Waals surface area contributed by atoms with E-state index in [1.54, 1.807) is 0 Å². The molecule has 0 saturated carbocycles. The Balaban J connectivity index is 1.53. The zero-order valence-electron chi connectivity index (χ0n) is 10.8. The molecule has 5 heteroatoms. The van der Waals surface area contributed by atoms with E-state index in [0.29, 0.717) is 6.54 Å². The molecule has 0 bridgehead atoms. The second-order valence-electron chi connectivity index (χ2n) is 4.93. The van der Waals surface area contributed by atoms with Crippen molar-refractivity contribution >= 4 is 11.6 Å². The van der Waals surface area contributed by atoms with E-state index in [4.69, 9.17) is 0 Å². The topological polar surface area (TPSA) is 58.4 Å². The van der Waals surface area contributed by atoms with Crippen LogP contribution in [0.1, 0.15) is 12.1 Å². The van der Waals surface area contributed by atoms with Crippen molar-refractivity contribution in [3.8, 4) is 0 Å². The molecule has 1 atom stereocenters. The number of nitrogens with one attached hydrogen (secondary N) is 2. The second-order valence-corrected chi connectivity index (χ2v) is 4.93. The minimum Gasteiger partial charge on any atom is -0.355 e. The molecule has 0 aromatic carbocycles. The van der Waals surface area contributed by atoms with Gasteiger partial charge in [-0.05, 0) is 25.1 Å². The molecule has 1 aliphatic rings. The maximum atomic E-state index is 11.8. The average Bonchev–Trinajstić information content (AvgIpc) is 3.07. The first kappa shape index (κ1) is 12.2. The quantitative estimate of drug-likeness (QED) is 0.844. The van der Waals surface area contributed by atoms with Crippen molar-refractivity contribution in [1.82, 2.24) is 20.0 Å². The van der Waals surface area contributed by atoms with Crippen LogP contribution in [-0.4, -0.2) is 34.9 Å². The fourth-order valence-corrected chi connectivity index (χ4v) is 2.44. The first-order chi connectivity index (χ1) is 9.33. The molecular formula is C14H18N4O. The number of pyridine rings is 1. The van der Waals surface area contributed by atoms with Crippen molar-refractivity contribution in [3.63, 3.8) is 0 Å². The molecule has 3 heterocycles. The van der Waals surface area contributed by atoms with Gasteiger partial charge in [0, 0.05) is 31.9 Å². The Bertz CT molecular complexity index is 539. The molecule has 1 amide bonds. The van der Waals surface area contributed by atoms with Crippen LogP contribution in [0.25, 0.3) is 5.65 Å². The number of hydrogen-bond donors (Lipinski definition) is 2. The number of aromatic nitrogens is 2. The van der Waals surface area contributed by atoms with Gasteiger partial charge in [-0.1, -0.05) is 6.07 Å². The van der Waals surface area contributed by atoms with Gasteiger partial charge in [0.1, 0.15) is 5.65 Å². The normalized spacial score (nSPS) is 18.8.